The van der Waals surface area contributed by atoms with Gasteiger partial charge in [-0.15, -0.1) is 0 Å². The molecule has 26 heavy (non-hydrogen) atoms. The summed E-state index contributed by atoms with van der Waals surface area (Å²) in [6.07, 6.45) is 3.48. The van der Waals surface area contributed by atoms with Crippen LogP contribution in [0.2, 0.25) is 0 Å². The largest absolute Gasteiger partial charge is 0.268 e. The number of fused-ring (bicyclic) bond motifs is 1. The predicted molar refractivity (Wildman–Crippen MR) is 96.0 cm³/mol. The first-order chi connectivity index (χ1) is 12.5. The van der Waals surface area contributed by atoms with Crippen molar-refractivity contribution in [1.29, 1.82) is 0 Å². The summed E-state index contributed by atoms with van der Waals surface area (Å²) in [5.41, 5.74) is 1.43. The fourth-order valence-corrected chi connectivity index (χ4v) is 3.48. The zero-order valence-electron chi connectivity index (χ0n) is 13.9. The lowest BCUT2D eigenvalue weighted by atomic mass is 9.98. The third-order valence-electron chi connectivity index (χ3n) is 4.65. The Labute approximate surface area is 154 Å². The Bertz CT molecular complexity index is 944. The second-order valence-electron chi connectivity index (χ2n) is 6.30. The number of carbonyl (C=O) groups excluding carboxylic acids is 2. The Morgan fingerprint density at radius 3 is 2.46 bits per heavy atom. The van der Waals surface area contributed by atoms with Crippen molar-refractivity contribution in [2.45, 2.75) is 19.6 Å². The van der Waals surface area contributed by atoms with Crippen LogP contribution < -0.4 is 4.90 Å². The van der Waals surface area contributed by atoms with E-state index >= 15 is 0 Å². The highest BCUT2D eigenvalue weighted by molar-refractivity contribution is 6.34. The van der Waals surface area contributed by atoms with Gasteiger partial charge in [0.15, 0.2) is 5.82 Å². The lowest BCUT2D eigenvalue weighted by Gasteiger charge is -2.21. The van der Waals surface area contributed by atoms with Crippen molar-refractivity contribution in [3.8, 4) is 0 Å². The van der Waals surface area contributed by atoms with Gasteiger partial charge in [-0.05, 0) is 31.2 Å². The predicted octanol–water partition coefficient (Wildman–Crippen LogP) is 3.64. The van der Waals surface area contributed by atoms with Gasteiger partial charge in [0.05, 0.1) is 17.7 Å². The molecule has 2 atom stereocenters. The number of anilines is 1. The van der Waals surface area contributed by atoms with Crippen LogP contribution >= 0.6 is 11.6 Å². The summed E-state index contributed by atoms with van der Waals surface area (Å²) in [4.78, 5) is 26.2. The molecule has 0 saturated carbocycles. The third kappa shape index (κ3) is 2.57. The molecule has 2 aliphatic rings. The first-order valence-corrected chi connectivity index (χ1v) is 8.55. The van der Waals surface area contributed by atoms with Gasteiger partial charge in [0.1, 0.15) is 6.17 Å². The van der Waals surface area contributed by atoms with Gasteiger partial charge in [-0.25, -0.2) is 9.29 Å². The molecule has 0 spiro atoms. The zero-order valence-corrected chi connectivity index (χ0v) is 14.7. The van der Waals surface area contributed by atoms with Gasteiger partial charge < -0.3 is 0 Å². The van der Waals surface area contributed by atoms with Crippen molar-refractivity contribution in [2.75, 3.05) is 4.90 Å². The molecule has 132 valence electrons. The number of aryl methyl sites for hydroxylation is 1. The van der Waals surface area contributed by atoms with Gasteiger partial charge in [0, 0.05) is 22.7 Å². The van der Waals surface area contributed by atoms with Crippen LogP contribution in [0.4, 0.5) is 10.2 Å². The van der Waals surface area contributed by atoms with Crippen LogP contribution in [-0.2, 0) is 6.54 Å². The van der Waals surface area contributed by atoms with Gasteiger partial charge in [-0.1, -0.05) is 29.8 Å². The van der Waals surface area contributed by atoms with Crippen molar-refractivity contribution in [2.24, 2.45) is 5.92 Å². The van der Waals surface area contributed by atoms with E-state index in [0.29, 0.717) is 21.9 Å². The topological polar surface area (TPSA) is 55.2 Å². The number of benzene rings is 1. The molecule has 0 fully saturated rings. The van der Waals surface area contributed by atoms with E-state index in [1.807, 2.05) is 0 Å². The summed E-state index contributed by atoms with van der Waals surface area (Å²) < 4.78 is 15.7. The van der Waals surface area contributed by atoms with Crippen LogP contribution in [0.5, 0.6) is 0 Å². The van der Waals surface area contributed by atoms with E-state index < -0.39 is 23.9 Å². The molecular weight excluding hydrogens is 357 g/mol. The van der Waals surface area contributed by atoms with Crippen molar-refractivity contribution in [3.63, 3.8) is 0 Å². The number of halogens is 2. The Hall–Kier alpha value is -2.73. The van der Waals surface area contributed by atoms with Crippen LogP contribution in [0.3, 0.4) is 0 Å². The summed E-state index contributed by atoms with van der Waals surface area (Å²) in [6.45, 7) is 2.01. The minimum absolute atomic E-state index is 0.218. The minimum atomic E-state index is -1.21. The maximum absolute atomic E-state index is 14.2. The number of allylic oxidation sites excluding steroid dienone is 4. The lowest BCUT2D eigenvalue weighted by Crippen LogP contribution is -2.30. The number of alkyl halides is 1. The maximum Gasteiger partial charge on any atom is 0.267 e. The van der Waals surface area contributed by atoms with Crippen molar-refractivity contribution in [1.82, 2.24) is 9.78 Å². The lowest BCUT2D eigenvalue weighted by molar-refractivity contribution is 0.0924. The van der Waals surface area contributed by atoms with Crippen molar-refractivity contribution in [3.05, 3.63) is 70.4 Å². The molecular formula is C19H15ClFN3O2. The molecule has 1 aromatic heterocycles. The van der Waals surface area contributed by atoms with Gasteiger partial charge in [0.25, 0.3) is 11.8 Å². The van der Waals surface area contributed by atoms with Gasteiger partial charge >= 0.3 is 0 Å². The van der Waals surface area contributed by atoms with E-state index in [-0.39, 0.29) is 12.4 Å². The Morgan fingerprint density at radius 2 is 1.85 bits per heavy atom. The summed E-state index contributed by atoms with van der Waals surface area (Å²) in [7, 11) is 0. The standard InChI is InChI=1S/C19H15ClFN3O2/c1-11-9-17(22-23(11)10-14-15(20)7-4-8-16(14)21)24-18(25)12-5-2-3-6-13(12)19(24)26/h2-9,14,16H,10H2,1H3. The zero-order chi connectivity index (χ0) is 18.4. The number of hydrogen-bond donors (Lipinski definition) is 0. The monoisotopic (exact) mass is 371 g/mol. The fraction of sp³-hybridized carbons (Fsp3) is 0.211. The Balaban J connectivity index is 1.64. The second-order valence-corrected chi connectivity index (χ2v) is 6.74. The maximum atomic E-state index is 14.2. The molecule has 1 aliphatic carbocycles. The highest BCUT2D eigenvalue weighted by Gasteiger charge is 2.38. The molecule has 4 rings (SSSR count). The van der Waals surface area contributed by atoms with Crippen LogP contribution in [0, 0.1) is 12.8 Å². The smallest absolute Gasteiger partial charge is 0.267 e. The van der Waals surface area contributed by atoms with Crippen molar-refractivity contribution < 1.29 is 14.0 Å². The number of rotatable bonds is 3. The first kappa shape index (κ1) is 16.7. The molecule has 2 amide bonds. The summed E-state index contributed by atoms with van der Waals surface area (Å²) in [5, 5.41) is 4.78. The first-order valence-electron chi connectivity index (χ1n) is 8.17. The average Bonchev–Trinajstić information content (AvgIpc) is 3.09. The molecule has 0 saturated heterocycles. The number of carbonyl (C=O) groups is 2. The third-order valence-corrected chi connectivity index (χ3v) is 5.06. The van der Waals surface area contributed by atoms with Crippen LogP contribution in [-0.4, -0.2) is 27.8 Å². The molecule has 1 aliphatic heterocycles. The van der Waals surface area contributed by atoms with E-state index in [0.717, 1.165) is 4.90 Å². The Kier molecular flexibility index (Phi) is 4.00. The number of amides is 2. The van der Waals surface area contributed by atoms with Gasteiger partial charge in [0.2, 0.25) is 0 Å². The van der Waals surface area contributed by atoms with E-state index in [2.05, 4.69) is 5.10 Å². The summed E-state index contributed by atoms with van der Waals surface area (Å²) >= 11 is 6.13. The average molecular weight is 372 g/mol. The van der Waals surface area contributed by atoms with E-state index in [4.69, 9.17) is 11.6 Å². The number of nitrogens with zero attached hydrogens (tertiary/aromatic N) is 3. The molecule has 0 radical (unpaired) electrons. The molecule has 0 bridgehead atoms. The van der Waals surface area contributed by atoms with Crippen LogP contribution in [0.15, 0.2) is 53.6 Å². The molecule has 2 aromatic rings. The SMILES string of the molecule is Cc1cc(N2C(=O)c3ccccc3C2=O)nn1CC1C(Cl)=CC=CC1F. The van der Waals surface area contributed by atoms with E-state index in [1.54, 1.807) is 54.1 Å². The fourth-order valence-electron chi connectivity index (χ4n) is 3.22. The van der Waals surface area contributed by atoms with Gasteiger partial charge in [-0.3, -0.25) is 14.3 Å². The van der Waals surface area contributed by atoms with Crippen molar-refractivity contribution >= 4 is 29.2 Å². The van der Waals surface area contributed by atoms with Crippen LogP contribution in [0.25, 0.3) is 0 Å². The molecule has 0 N–H and O–H groups in total. The summed E-state index contributed by atoms with van der Waals surface area (Å²) in [5.74, 6) is -1.12. The van der Waals surface area contributed by atoms with E-state index in [1.165, 1.54) is 6.08 Å². The normalized spacial score (nSPS) is 22.0. The summed E-state index contributed by atoms with van der Waals surface area (Å²) in [6, 6.07) is 8.30. The number of hydrogen-bond acceptors (Lipinski definition) is 3. The molecule has 2 heterocycles. The Morgan fingerprint density at radius 1 is 1.19 bits per heavy atom. The molecule has 5 nitrogen and oxygen atoms in total. The minimum Gasteiger partial charge on any atom is -0.268 e. The van der Waals surface area contributed by atoms with E-state index in [9.17, 15) is 14.0 Å². The quantitative estimate of drug-likeness (QED) is 0.774. The van der Waals surface area contributed by atoms with Gasteiger partial charge in [-0.2, -0.15) is 5.10 Å². The highest BCUT2D eigenvalue weighted by atomic mass is 35.5. The molecule has 1 aromatic carbocycles. The second kappa shape index (κ2) is 6.21. The number of imide groups is 1. The molecule has 2 unspecified atom stereocenters. The van der Waals surface area contributed by atoms with Crippen LogP contribution in [0.1, 0.15) is 26.4 Å². The highest BCUT2D eigenvalue weighted by Crippen LogP contribution is 2.31. The number of aromatic nitrogens is 2. The molecule has 7 heteroatoms.